The van der Waals surface area contributed by atoms with Gasteiger partial charge in [-0.25, -0.2) is 0 Å². The van der Waals surface area contributed by atoms with Crippen LogP contribution in [-0.2, 0) is 4.74 Å². The van der Waals surface area contributed by atoms with Crippen LogP contribution in [0.2, 0.25) is 0 Å². The van der Waals surface area contributed by atoms with Gasteiger partial charge in [-0.1, -0.05) is 11.6 Å². The molecule has 0 aromatic carbocycles. The Morgan fingerprint density at radius 2 is 1.50 bits per heavy atom. The summed E-state index contributed by atoms with van der Waals surface area (Å²) in [4.78, 5) is 0. The van der Waals surface area contributed by atoms with Crippen molar-refractivity contribution in [1.29, 1.82) is 0 Å². The molecule has 0 radical (unpaired) electrons. The first-order valence-electron chi connectivity index (χ1n) is 5.93. The van der Waals surface area contributed by atoms with Crippen LogP contribution in [0.1, 0.15) is 38.5 Å². The monoisotopic (exact) mass is 214 g/mol. The molecule has 0 spiro atoms. The van der Waals surface area contributed by atoms with Crippen molar-refractivity contribution in [3.63, 3.8) is 0 Å². The van der Waals surface area contributed by atoms with Gasteiger partial charge >= 0.3 is 0 Å². The molecule has 0 N–H and O–H groups in total. The SMILES string of the molecule is ClCOCC12CC3CC(CC(C3)C1)C2. The Kier molecular flexibility index (Phi) is 2.29. The van der Waals surface area contributed by atoms with E-state index in [1.807, 2.05) is 0 Å². The average molecular weight is 215 g/mol. The topological polar surface area (TPSA) is 9.23 Å². The smallest absolute Gasteiger partial charge is 0.120 e. The number of ether oxygens (including phenoxy) is 1. The number of alkyl halides is 1. The third-order valence-electron chi connectivity index (χ3n) is 4.65. The van der Waals surface area contributed by atoms with Gasteiger partial charge in [0.05, 0.1) is 6.61 Å². The second-order valence-electron chi connectivity index (χ2n) is 5.88. The molecule has 0 aliphatic heterocycles. The lowest BCUT2D eigenvalue weighted by atomic mass is 9.50. The van der Waals surface area contributed by atoms with Crippen LogP contribution in [0.4, 0.5) is 0 Å². The van der Waals surface area contributed by atoms with Crippen molar-refractivity contribution in [2.75, 3.05) is 12.7 Å². The van der Waals surface area contributed by atoms with Crippen molar-refractivity contribution in [3.05, 3.63) is 0 Å². The van der Waals surface area contributed by atoms with Gasteiger partial charge in [-0.3, -0.25) is 0 Å². The average Bonchev–Trinajstić information content (AvgIpc) is 2.12. The van der Waals surface area contributed by atoms with Crippen LogP contribution < -0.4 is 0 Å². The predicted octanol–water partition coefficient (Wildman–Crippen LogP) is 3.42. The van der Waals surface area contributed by atoms with Gasteiger partial charge in [-0.15, -0.1) is 0 Å². The normalized spacial score (nSPS) is 49.9. The van der Waals surface area contributed by atoms with Crippen LogP contribution in [-0.4, -0.2) is 12.7 Å². The van der Waals surface area contributed by atoms with Gasteiger partial charge in [0.2, 0.25) is 0 Å². The maximum atomic E-state index is 5.62. The Balaban J connectivity index is 1.74. The molecule has 0 unspecified atom stereocenters. The zero-order valence-electron chi connectivity index (χ0n) is 8.68. The van der Waals surface area contributed by atoms with Crippen LogP contribution in [0.3, 0.4) is 0 Å². The van der Waals surface area contributed by atoms with Crippen LogP contribution in [0, 0.1) is 23.2 Å². The first kappa shape index (κ1) is 9.47. The summed E-state index contributed by atoms with van der Waals surface area (Å²) < 4.78 is 5.48. The van der Waals surface area contributed by atoms with Crippen molar-refractivity contribution in [2.24, 2.45) is 23.2 Å². The fourth-order valence-electron chi connectivity index (χ4n) is 4.72. The number of halogens is 1. The summed E-state index contributed by atoms with van der Waals surface area (Å²) in [5.41, 5.74) is 0.545. The molecule has 0 aromatic rings. The van der Waals surface area contributed by atoms with E-state index < -0.39 is 0 Å². The van der Waals surface area contributed by atoms with Crippen molar-refractivity contribution >= 4 is 11.6 Å². The van der Waals surface area contributed by atoms with E-state index >= 15 is 0 Å². The van der Waals surface area contributed by atoms with Gasteiger partial charge in [-0.2, -0.15) is 0 Å². The van der Waals surface area contributed by atoms with E-state index in [2.05, 4.69) is 0 Å². The van der Waals surface area contributed by atoms with Gasteiger partial charge in [0, 0.05) is 0 Å². The Bertz CT molecular complexity index is 191. The van der Waals surface area contributed by atoms with Crippen molar-refractivity contribution in [1.82, 2.24) is 0 Å². The maximum Gasteiger partial charge on any atom is 0.120 e. The second kappa shape index (κ2) is 3.38. The molecule has 2 heteroatoms. The molecule has 80 valence electrons. The molecule has 4 aliphatic rings. The Labute approximate surface area is 91.2 Å². The summed E-state index contributed by atoms with van der Waals surface area (Å²) in [5, 5.41) is 0. The highest BCUT2D eigenvalue weighted by molar-refractivity contribution is 6.17. The van der Waals surface area contributed by atoms with E-state index in [9.17, 15) is 0 Å². The first-order chi connectivity index (χ1) is 6.80. The van der Waals surface area contributed by atoms with Crippen LogP contribution in [0.5, 0.6) is 0 Å². The van der Waals surface area contributed by atoms with Crippen molar-refractivity contribution in [2.45, 2.75) is 38.5 Å². The Morgan fingerprint density at radius 3 is 1.93 bits per heavy atom. The lowest BCUT2D eigenvalue weighted by molar-refractivity contribution is -0.0906. The fourth-order valence-corrected chi connectivity index (χ4v) is 4.80. The second-order valence-corrected chi connectivity index (χ2v) is 6.09. The molecule has 14 heavy (non-hydrogen) atoms. The highest BCUT2D eigenvalue weighted by Gasteiger charge is 2.50. The quantitative estimate of drug-likeness (QED) is 0.655. The maximum absolute atomic E-state index is 5.62. The molecule has 4 aliphatic carbocycles. The molecule has 4 saturated carbocycles. The highest BCUT2D eigenvalue weighted by Crippen LogP contribution is 2.59. The van der Waals surface area contributed by atoms with E-state index in [0.717, 1.165) is 24.4 Å². The fraction of sp³-hybridized carbons (Fsp3) is 1.00. The summed E-state index contributed by atoms with van der Waals surface area (Å²) in [6.45, 7) is 0.931. The molecule has 0 atom stereocenters. The van der Waals surface area contributed by atoms with Gasteiger partial charge in [0.1, 0.15) is 6.07 Å². The molecule has 0 saturated heterocycles. The predicted molar refractivity (Wildman–Crippen MR) is 57.3 cm³/mol. The number of hydrogen-bond acceptors (Lipinski definition) is 1. The van der Waals surface area contributed by atoms with Crippen molar-refractivity contribution < 1.29 is 4.74 Å². The largest absolute Gasteiger partial charge is 0.365 e. The van der Waals surface area contributed by atoms with Gasteiger partial charge in [0.15, 0.2) is 0 Å². The van der Waals surface area contributed by atoms with E-state index in [0.29, 0.717) is 11.5 Å². The number of rotatable bonds is 3. The molecular formula is C12H19ClO. The number of hydrogen-bond donors (Lipinski definition) is 0. The van der Waals surface area contributed by atoms with Crippen LogP contribution in [0.15, 0.2) is 0 Å². The lowest BCUT2D eigenvalue weighted by Crippen LogP contribution is -2.48. The summed E-state index contributed by atoms with van der Waals surface area (Å²) in [6, 6.07) is 0.377. The molecule has 4 fully saturated rings. The highest BCUT2D eigenvalue weighted by atomic mass is 35.5. The Hall–Kier alpha value is 0.250. The molecule has 0 aromatic heterocycles. The minimum absolute atomic E-state index is 0.377. The van der Waals surface area contributed by atoms with Crippen molar-refractivity contribution in [3.8, 4) is 0 Å². The zero-order chi connectivity index (χ0) is 9.60. The van der Waals surface area contributed by atoms with Crippen LogP contribution in [0.25, 0.3) is 0 Å². The zero-order valence-corrected chi connectivity index (χ0v) is 9.43. The van der Waals surface area contributed by atoms with E-state index in [1.165, 1.54) is 38.5 Å². The third-order valence-corrected chi connectivity index (χ3v) is 4.80. The third kappa shape index (κ3) is 1.49. The lowest BCUT2D eigenvalue weighted by Gasteiger charge is -2.56. The van der Waals surface area contributed by atoms with Crippen LogP contribution >= 0.6 is 11.6 Å². The Morgan fingerprint density at radius 1 is 1.00 bits per heavy atom. The molecular weight excluding hydrogens is 196 g/mol. The molecule has 4 rings (SSSR count). The molecule has 0 heterocycles. The van der Waals surface area contributed by atoms with E-state index in [-0.39, 0.29) is 0 Å². The minimum atomic E-state index is 0.377. The van der Waals surface area contributed by atoms with E-state index in [1.54, 1.807) is 0 Å². The van der Waals surface area contributed by atoms with E-state index in [4.69, 9.17) is 16.3 Å². The van der Waals surface area contributed by atoms with Gasteiger partial charge in [0.25, 0.3) is 0 Å². The molecule has 0 amide bonds. The minimum Gasteiger partial charge on any atom is -0.365 e. The van der Waals surface area contributed by atoms with Gasteiger partial charge in [-0.05, 0) is 61.7 Å². The van der Waals surface area contributed by atoms with Gasteiger partial charge < -0.3 is 4.74 Å². The molecule has 4 bridgehead atoms. The summed E-state index contributed by atoms with van der Waals surface area (Å²) in [5.74, 6) is 3.08. The summed E-state index contributed by atoms with van der Waals surface area (Å²) >= 11 is 5.62. The molecule has 1 nitrogen and oxygen atoms in total. The first-order valence-corrected chi connectivity index (χ1v) is 6.47. The summed E-state index contributed by atoms with van der Waals surface area (Å²) in [7, 11) is 0. The summed E-state index contributed by atoms with van der Waals surface area (Å²) in [6.07, 6.45) is 8.82. The standard InChI is InChI=1S/C12H19ClO/c13-8-14-7-12-4-9-1-10(5-12)3-11(2-9)6-12/h9-11H,1-8H2.